The van der Waals surface area contributed by atoms with Crippen molar-refractivity contribution in [3.8, 4) is 5.75 Å². The van der Waals surface area contributed by atoms with Crippen LogP contribution in [-0.4, -0.2) is 5.43 Å². The Hall–Kier alpha value is 0.0400. The first-order chi connectivity index (χ1) is 6.00. The van der Waals surface area contributed by atoms with E-state index in [1.165, 1.54) is 12.1 Å². The molecule has 0 heterocycles. The molecule has 0 saturated carbocycles. The molecular formula is C7H2BrCl3O2. The molecule has 70 valence electrons. The van der Waals surface area contributed by atoms with Crippen molar-refractivity contribution in [3.63, 3.8) is 0 Å². The van der Waals surface area contributed by atoms with E-state index in [1.54, 1.807) is 0 Å². The van der Waals surface area contributed by atoms with E-state index in [-0.39, 0.29) is 10.8 Å². The fourth-order valence-electron chi connectivity index (χ4n) is 0.669. The van der Waals surface area contributed by atoms with E-state index < -0.39 is 5.43 Å². The number of benzene rings is 1. The van der Waals surface area contributed by atoms with Crippen LogP contribution in [0, 0.1) is 0 Å². The van der Waals surface area contributed by atoms with Gasteiger partial charge in [0.05, 0.1) is 10.0 Å². The summed E-state index contributed by atoms with van der Waals surface area (Å²) < 4.78 is 5.19. The monoisotopic (exact) mass is 302 g/mol. The van der Waals surface area contributed by atoms with Gasteiger partial charge in [-0.1, -0.05) is 23.2 Å². The Labute approximate surface area is 97.8 Å². The molecular weight excluding hydrogens is 302 g/mol. The Bertz CT molecular complexity index is 354. The molecule has 0 fully saturated rings. The van der Waals surface area contributed by atoms with Gasteiger partial charge in [-0.3, -0.25) is 0 Å². The second kappa shape index (κ2) is 4.51. The first-order valence-corrected chi connectivity index (χ1v) is 4.95. The average Bonchev–Trinajstić information content (AvgIpc) is 1.99. The van der Waals surface area contributed by atoms with Crippen LogP contribution >= 0.6 is 50.7 Å². The zero-order valence-electron chi connectivity index (χ0n) is 5.98. The number of carbonyl (C=O) groups excluding carboxylic acids is 1. The fraction of sp³-hybridized carbons (Fsp3) is 0. The molecule has 1 aromatic rings. The summed E-state index contributed by atoms with van der Waals surface area (Å²) in [7, 11) is 0. The van der Waals surface area contributed by atoms with Crippen LogP contribution in [0.3, 0.4) is 0 Å². The molecule has 0 aliphatic carbocycles. The summed E-state index contributed by atoms with van der Waals surface area (Å²) in [6.07, 6.45) is 0. The summed E-state index contributed by atoms with van der Waals surface area (Å²) in [5, 5.41) is 0.641. The molecule has 0 bridgehead atoms. The highest BCUT2D eigenvalue weighted by molar-refractivity contribution is 9.10. The van der Waals surface area contributed by atoms with Gasteiger partial charge in [0.2, 0.25) is 0 Å². The van der Waals surface area contributed by atoms with Crippen LogP contribution < -0.4 is 4.74 Å². The standard InChI is InChI=1S/C7H2BrCl3O2/c8-3-1-5(10)6(2-4(3)9)13-7(11)12/h1-2H. The zero-order valence-corrected chi connectivity index (χ0v) is 9.84. The Balaban J connectivity index is 3.08. The van der Waals surface area contributed by atoms with E-state index in [1.807, 2.05) is 0 Å². The molecule has 13 heavy (non-hydrogen) atoms. The van der Waals surface area contributed by atoms with Crippen molar-refractivity contribution in [3.05, 3.63) is 26.7 Å². The van der Waals surface area contributed by atoms with Gasteiger partial charge in [-0.15, -0.1) is 0 Å². The molecule has 0 saturated heterocycles. The largest absolute Gasteiger partial charge is 0.413 e. The van der Waals surface area contributed by atoms with E-state index >= 15 is 0 Å². The molecule has 0 aliphatic heterocycles. The summed E-state index contributed by atoms with van der Waals surface area (Å²) in [6, 6.07) is 2.91. The maximum Gasteiger partial charge on any atom is 0.409 e. The Morgan fingerprint density at radius 1 is 1.31 bits per heavy atom. The topological polar surface area (TPSA) is 26.3 Å². The van der Waals surface area contributed by atoms with Crippen LogP contribution in [0.25, 0.3) is 0 Å². The van der Waals surface area contributed by atoms with Gasteiger partial charge in [0, 0.05) is 22.1 Å². The average molecular weight is 304 g/mol. The van der Waals surface area contributed by atoms with Gasteiger partial charge in [-0.2, -0.15) is 0 Å². The molecule has 0 atom stereocenters. The van der Waals surface area contributed by atoms with Gasteiger partial charge in [-0.25, -0.2) is 4.79 Å². The van der Waals surface area contributed by atoms with Gasteiger partial charge < -0.3 is 4.74 Å². The van der Waals surface area contributed by atoms with Crippen molar-refractivity contribution >= 4 is 56.2 Å². The number of halogens is 4. The van der Waals surface area contributed by atoms with E-state index in [0.717, 1.165) is 0 Å². The maximum absolute atomic E-state index is 10.4. The van der Waals surface area contributed by atoms with Crippen molar-refractivity contribution in [1.29, 1.82) is 0 Å². The molecule has 6 heteroatoms. The van der Waals surface area contributed by atoms with Crippen molar-refractivity contribution < 1.29 is 9.53 Å². The molecule has 0 radical (unpaired) electrons. The highest BCUT2D eigenvalue weighted by Crippen LogP contribution is 2.34. The smallest absolute Gasteiger partial charge is 0.409 e. The SMILES string of the molecule is O=C(Cl)Oc1cc(Cl)c(Br)cc1Cl. The summed E-state index contributed by atoms with van der Waals surface area (Å²) in [5.74, 6) is 0.134. The van der Waals surface area contributed by atoms with Gasteiger partial charge in [0.1, 0.15) is 0 Å². The Kier molecular flexibility index (Phi) is 3.86. The van der Waals surface area contributed by atoms with Crippen LogP contribution in [0.1, 0.15) is 0 Å². The molecule has 0 unspecified atom stereocenters. The van der Waals surface area contributed by atoms with E-state index in [0.29, 0.717) is 9.50 Å². The molecule has 0 amide bonds. The van der Waals surface area contributed by atoms with Crippen molar-refractivity contribution in [1.82, 2.24) is 0 Å². The lowest BCUT2D eigenvalue weighted by Gasteiger charge is -2.04. The third-order valence-corrected chi connectivity index (χ3v) is 2.73. The van der Waals surface area contributed by atoms with Crippen molar-refractivity contribution in [2.45, 2.75) is 0 Å². The summed E-state index contributed by atoms with van der Waals surface area (Å²) >= 11 is 19.6. The molecule has 0 N–H and O–H groups in total. The molecule has 0 spiro atoms. The predicted octanol–water partition coefficient (Wildman–Crippen LogP) is 4.49. The van der Waals surface area contributed by atoms with E-state index in [2.05, 4.69) is 20.7 Å². The second-order valence-corrected chi connectivity index (χ2v) is 4.01. The van der Waals surface area contributed by atoms with Crippen LogP contribution in [0.15, 0.2) is 16.6 Å². The quantitative estimate of drug-likeness (QED) is 0.564. The minimum absolute atomic E-state index is 0.134. The molecule has 1 aromatic carbocycles. The second-order valence-electron chi connectivity index (χ2n) is 2.04. The molecule has 2 nitrogen and oxygen atoms in total. The normalized spacial score (nSPS) is 9.85. The third kappa shape index (κ3) is 3.02. The van der Waals surface area contributed by atoms with E-state index in [9.17, 15) is 4.79 Å². The number of hydrogen-bond donors (Lipinski definition) is 0. The van der Waals surface area contributed by atoms with Crippen LogP contribution in [0.2, 0.25) is 10.0 Å². The number of rotatable bonds is 1. The minimum Gasteiger partial charge on any atom is -0.413 e. The van der Waals surface area contributed by atoms with Crippen LogP contribution in [-0.2, 0) is 0 Å². The van der Waals surface area contributed by atoms with E-state index in [4.69, 9.17) is 34.8 Å². The first-order valence-electron chi connectivity index (χ1n) is 3.02. The molecule has 1 rings (SSSR count). The number of ether oxygens (including phenoxy) is 1. The van der Waals surface area contributed by atoms with Crippen molar-refractivity contribution in [2.75, 3.05) is 0 Å². The van der Waals surface area contributed by atoms with Crippen LogP contribution in [0.5, 0.6) is 5.75 Å². The lowest BCUT2D eigenvalue weighted by Crippen LogP contribution is -1.96. The number of hydrogen-bond acceptors (Lipinski definition) is 2. The lowest BCUT2D eigenvalue weighted by molar-refractivity contribution is 0.225. The third-order valence-electron chi connectivity index (χ3n) is 1.17. The summed E-state index contributed by atoms with van der Waals surface area (Å²) in [6.45, 7) is 0. The lowest BCUT2D eigenvalue weighted by atomic mass is 10.3. The summed E-state index contributed by atoms with van der Waals surface area (Å²) in [4.78, 5) is 10.4. The Morgan fingerprint density at radius 3 is 2.46 bits per heavy atom. The fourth-order valence-corrected chi connectivity index (χ4v) is 1.58. The van der Waals surface area contributed by atoms with Gasteiger partial charge in [-0.05, 0) is 22.0 Å². The van der Waals surface area contributed by atoms with Gasteiger partial charge in [0.25, 0.3) is 0 Å². The van der Waals surface area contributed by atoms with Crippen molar-refractivity contribution in [2.24, 2.45) is 0 Å². The number of carbonyl (C=O) groups is 1. The zero-order chi connectivity index (χ0) is 10.0. The van der Waals surface area contributed by atoms with Crippen LogP contribution in [0.4, 0.5) is 4.79 Å². The maximum atomic E-state index is 10.4. The molecule has 0 aliphatic rings. The predicted molar refractivity (Wildman–Crippen MR) is 56.0 cm³/mol. The van der Waals surface area contributed by atoms with Gasteiger partial charge >= 0.3 is 5.43 Å². The Morgan fingerprint density at radius 2 is 1.92 bits per heavy atom. The minimum atomic E-state index is -0.958. The highest BCUT2D eigenvalue weighted by Gasteiger charge is 2.09. The molecule has 0 aromatic heterocycles. The van der Waals surface area contributed by atoms with Gasteiger partial charge in [0.15, 0.2) is 5.75 Å². The first kappa shape index (κ1) is 11.1. The summed E-state index contributed by atoms with van der Waals surface area (Å²) in [5.41, 5.74) is -0.958. The highest BCUT2D eigenvalue weighted by atomic mass is 79.9.